The van der Waals surface area contributed by atoms with Gasteiger partial charge in [-0.15, -0.1) is 0 Å². The normalized spacial score (nSPS) is 10.6. The minimum Gasteiger partial charge on any atom is -0.465 e. The third-order valence-electron chi connectivity index (χ3n) is 4.03. The first-order valence-electron chi connectivity index (χ1n) is 8.00. The average Bonchev–Trinajstić information content (AvgIpc) is 3.19. The van der Waals surface area contributed by atoms with Crippen LogP contribution in [0, 0.1) is 13.8 Å². The standard InChI is InChI=1S/C18H19N5O3/c1-11-15(18(25)26-3)12(2)20-16(11)17(24)21-14-6-9-23(22-14)10-13-4-7-19-8-5-13/h4-9,20H,10H2,1-3H3,(H,21,22,24). The molecule has 0 bridgehead atoms. The first kappa shape index (κ1) is 17.4. The van der Waals surface area contributed by atoms with E-state index in [0.29, 0.717) is 34.9 Å². The van der Waals surface area contributed by atoms with Crippen LogP contribution in [-0.2, 0) is 11.3 Å². The molecule has 0 atom stereocenters. The number of nitrogens with one attached hydrogen (secondary N) is 2. The highest BCUT2D eigenvalue weighted by atomic mass is 16.5. The summed E-state index contributed by atoms with van der Waals surface area (Å²) in [6, 6.07) is 5.52. The van der Waals surface area contributed by atoms with Crippen LogP contribution < -0.4 is 5.32 Å². The maximum absolute atomic E-state index is 12.5. The number of nitrogens with zero attached hydrogens (tertiary/aromatic N) is 3. The maximum atomic E-state index is 12.5. The Bertz CT molecular complexity index is 943. The summed E-state index contributed by atoms with van der Waals surface area (Å²) >= 11 is 0. The van der Waals surface area contributed by atoms with Crippen LogP contribution in [0.3, 0.4) is 0 Å². The number of hydrogen-bond donors (Lipinski definition) is 2. The summed E-state index contributed by atoms with van der Waals surface area (Å²) in [4.78, 5) is 31.3. The molecular weight excluding hydrogens is 334 g/mol. The molecule has 0 aliphatic rings. The number of aryl methyl sites for hydroxylation is 1. The Morgan fingerprint density at radius 1 is 1.23 bits per heavy atom. The fraction of sp³-hybridized carbons (Fsp3) is 0.222. The molecule has 0 spiro atoms. The second-order valence-corrected chi connectivity index (χ2v) is 5.82. The van der Waals surface area contributed by atoms with E-state index in [1.807, 2.05) is 12.1 Å². The number of pyridine rings is 1. The third kappa shape index (κ3) is 3.49. The fourth-order valence-electron chi connectivity index (χ4n) is 2.76. The number of amides is 1. The lowest BCUT2D eigenvalue weighted by atomic mass is 10.1. The SMILES string of the molecule is COC(=O)c1c(C)[nH]c(C(=O)Nc2ccn(Cc3ccncc3)n2)c1C. The molecule has 0 aliphatic carbocycles. The van der Waals surface area contributed by atoms with Gasteiger partial charge < -0.3 is 15.0 Å². The van der Waals surface area contributed by atoms with E-state index >= 15 is 0 Å². The Hall–Kier alpha value is -3.42. The fourth-order valence-corrected chi connectivity index (χ4v) is 2.76. The molecule has 3 rings (SSSR count). The molecule has 134 valence electrons. The summed E-state index contributed by atoms with van der Waals surface area (Å²) in [6.07, 6.45) is 5.22. The molecule has 3 aromatic heterocycles. The van der Waals surface area contributed by atoms with Crippen molar-refractivity contribution in [1.29, 1.82) is 0 Å². The van der Waals surface area contributed by atoms with Crippen LogP contribution in [0.4, 0.5) is 5.82 Å². The van der Waals surface area contributed by atoms with E-state index in [2.05, 4.69) is 20.4 Å². The Morgan fingerprint density at radius 3 is 2.65 bits per heavy atom. The molecule has 3 aromatic rings. The molecular formula is C18H19N5O3. The molecule has 2 N–H and O–H groups in total. The van der Waals surface area contributed by atoms with Crippen LogP contribution in [0.25, 0.3) is 0 Å². The predicted octanol–water partition coefficient (Wildman–Crippen LogP) is 2.31. The van der Waals surface area contributed by atoms with Crippen molar-refractivity contribution in [3.63, 3.8) is 0 Å². The Kier molecular flexibility index (Phi) is 4.83. The van der Waals surface area contributed by atoms with Gasteiger partial charge in [-0.1, -0.05) is 0 Å². The number of esters is 1. The number of carbonyl (C=O) groups is 2. The zero-order valence-corrected chi connectivity index (χ0v) is 14.7. The first-order valence-corrected chi connectivity index (χ1v) is 8.00. The number of aromatic amines is 1. The number of anilines is 1. The highest BCUT2D eigenvalue weighted by molar-refractivity contribution is 6.06. The molecule has 8 nitrogen and oxygen atoms in total. The largest absolute Gasteiger partial charge is 0.465 e. The molecule has 0 radical (unpaired) electrons. The average molecular weight is 353 g/mol. The summed E-state index contributed by atoms with van der Waals surface area (Å²) in [6.45, 7) is 4.00. The van der Waals surface area contributed by atoms with Crippen molar-refractivity contribution in [2.24, 2.45) is 0 Å². The Balaban J connectivity index is 1.74. The summed E-state index contributed by atoms with van der Waals surface area (Å²) < 4.78 is 6.48. The summed E-state index contributed by atoms with van der Waals surface area (Å²) in [5.41, 5.74) is 2.87. The quantitative estimate of drug-likeness (QED) is 0.685. The third-order valence-corrected chi connectivity index (χ3v) is 4.03. The smallest absolute Gasteiger partial charge is 0.339 e. The first-order chi connectivity index (χ1) is 12.5. The number of methoxy groups -OCH3 is 1. The minimum atomic E-state index is -0.475. The second-order valence-electron chi connectivity index (χ2n) is 5.82. The Labute approximate surface area is 150 Å². The van der Waals surface area contributed by atoms with Gasteiger partial charge >= 0.3 is 5.97 Å². The summed E-state index contributed by atoms with van der Waals surface area (Å²) in [5, 5.41) is 7.08. The lowest BCUT2D eigenvalue weighted by Gasteiger charge is -2.03. The van der Waals surface area contributed by atoms with Crippen molar-refractivity contribution < 1.29 is 14.3 Å². The lowest BCUT2D eigenvalue weighted by molar-refractivity contribution is 0.0599. The van der Waals surface area contributed by atoms with Gasteiger partial charge in [0.25, 0.3) is 5.91 Å². The molecule has 0 unspecified atom stereocenters. The second kappa shape index (κ2) is 7.22. The number of rotatable bonds is 5. The number of carbonyl (C=O) groups excluding carboxylic acids is 2. The predicted molar refractivity (Wildman–Crippen MR) is 95.1 cm³/mol. The van der Waals surface area contributed by atoms with Gasteiger partial charge in [0.05, 0.1) is 19.2 Å². The van der Waals surface area contributed by atoms with E-state index in [4.69, 9.17) is 4.74 Å². The van der Waals surface area contributed by atoms with Gasteiger partial charge in [0, 0.05) is 30.4 Å². The van der Waals surface area contributed by atoms with Gasteiger partial charge in [0.15, 0.2) is 5.82 Å². The van der Waals surface area contributed by atoms with Crippen LogP contribution in [0.5, 0.6) is 0 Å². The van der Waals surface area contributed by atoms with Gasteiger partial charge in [0.1, 0.15) is 5.69 Å². The van der Waals surface area contributed by atoms with E-state index < -0.39 is 5.97 Å². The van der Waals surface area contributed by atoms with Crippen molar-refractivity contribution in [2.45, 2.75) is 20.4 Å². The summed E-state index contributed by atoms with van der Waals surface area (Å²) in [5.74, 6) is -0.415. The summed E-state index contributed by atoms with van der Waals surface area (Å²) in [7, 11) is 1.31. The molecule has 0 saturated carbocycles. The molecule has 0 fully saturated rings. The van der Waals surface area contributed by atoms with Gasteiger partial charge in [-0.25, -0.2) is 4.79 Å². The lowest BCUT2D eigenvalue weighted by Crippen LogP contribution is -2.15. The van der Waals surface area contributed by atoms with Crippen LogP contribution in [0.2, 0.25) is 0 Å². The van der Waals surface area contributed by atoms with E-state index in [0.717, 1.165) is 5.56 Å². The van der Waals surface area contributed by atoms with E-state index in [-0.39, 0.29) is 5.91 Å². The molecule has 26 heavy (non-hydrogen) atoms. The molecule has 3 heterocycles. The van der Waals surface area contributed by atoms with Gasteiger partial charge in [-0.05, 0) is 37.1 Å². The maximum Gasteiger partial charge on any atom is 0.339 e. The van der Waals surface area contributed by atoms with E-state index in [1.165, 1.54) is 7.11 Å². The highest BCUT2D eigenvalue weighted by Gasteiger charge is 2.22. The number of hydrogen-bond acceptors (Lipinski definition) is 5. The molecule has 1 amide bonds. The highest BCUT2D eigenvalue weighted by Crippen LogP contribution is 2.20. The van der Waals surface area contributed by atoms with Crippen LogP contribution in [0.15, 0.2) is 36.8 Å². The van der Waals surface area contributed by atoms with Gasteiger partial charge in [-0.2, -0.15) is 5.10 Å². The monoisotopic (exact) mass is 353 g/mol. The molecule has 8 heteroatoms. The number of aromatic nitrogens is 4. The van der Waals surface area contributed by atoms with Crippen LogP contribution in [0.1, 0.15) is 37.7 Å². The van der Waals surface area contributed by atoms with Crippen molar-refractivity contribution in [2.75, 3.05) is 12.4 Å². The minimum absolute atomic E-state index is 0.312. The molecule has 0 aliphatic heterocycles. The van der Waals surface area contributed by atoms with Crippen LogP contribution >= 0.6 is 0 Å². The Morgan fingerprint density at radius 2 is 1.96 bits per heavy atom. The topological polar surface area (TPSA) is 102 Å². The van der Waals surface area contributed by atoms with Crippen molar-refractivity contribution in [1.82, 2.24) is 19.7 Å². The van der Waals surface area contributed by atoms with Crippen molar-refractivity contribution >= 4 is 17.7 Å². The number of H-pyrrole nitrogens is 1. The molecule has 0 aromatic carbocycles. The zero-order valence-electron chi connectivity index (χ0n) is 14.7. The zero-order chi connectivity index (χ0) is 18.7. The van der Waals surface area contributed by atoms with Gasteiger partial charge in [-0.3, -0.25) is 14.5 Å². The van der Waals surface area contributed by atoms with Crippen molar-refractivity contribution in [3.8, 4) is 0 Å². The van der Waals surface area contributed by atoms with E-state index in [1.54, 1.807) is 43.2 Å². The van der Waals surface area contributed by atoms with Gasteiger partial charge in [0.2, 0.25) is 0 Å². The van der Waals surface area contributed by atoms with E-state index in [9.17, 15) is 9.59 Å². The molecule has 0 saturated heterocycles. The van der Waals surface area contributed by atoms with Crippen molar-refractivity contribution in [3.05, 3.63) is 64.9 Å². The van der Waals surface area contributed by atoms with Crippen LogP contribution in [-0.4, -0.2) is 38.7 Å². The number of ether oxygens (including phenoxy) is 1.